The number of nitrogens with zero attached hydrogens (tertiary/aromatic N) is 1. The van der Waals surface area contributed by atoms with Crippen molar-refractivity contribution in [2.75, 3.05) is 11.4 Å². The number of halogens is 1. The summed E-state index contributed by atoms with van der Waals surface area (Å²) in [5, 5.41) is 11.4. The van der Waals surface area contributed by atoms with Crippen molar-refractivity contribution in [1.82, 2.24) is 5.32 Å². The van der Waals surface area contributed by atoms with E-state index in [2.05, 4.69) is 5.32 Å². The van der Waals surface area contributed by atoms with E-state index in [1.54, 1.807) is 13.0 Å². The summed E-state index contributed by atoms with van der Waals surface area (Å²) in [7, 11) is 0. The third-order valence-corrected chi connectivity index (χ3v) is 4.20. The number of carbonyl (C=O) groups excluding carboxylic acids is 2. The molecule has 0 saturated carbocycles. The molecule has 3 rings (SSSR count). The van der Waals surface area contributed by atoms with E-state index in [0.29, 0.717) is 5.76 Å². The normalized spacial score (nSPS) is 16.8. The fourth-order valence-electron chi connectivity index (χ4n) is 2.85. The van der Waals surface area contributed by atoms with E-state index in [0.717, 1.165) is 5.56 Å². The third kappa shape index (κ3) is 3.58. The number of carboxylic acid groups (broad SMARTS) is 1. The van der Waals surface area contributed by atoms with Gasteiger partial charge in [0.1, 0.15) is 11.6 Å². The Morgan fingerprint density at radius 3 is 2.77 bits per heavy atom. The van der Waals surface area contributed by atoms with E-state index in [-0.39, 0.29) is 42.8 Å². The van der Waals surface area contributed by atoms with Gasteiger partial charge in [0.25, 0.3) is 0 Å². The van der Waals surface area contributed by atoms with Gasteiger partial charge >= 0.3 is 5.97 Å². The van der Waals surface area contributed by atoms with Crippen LogP contribution in [0.5, 0.6) is 0 Å². The van der Waals surface area contributed by atoms with Gasteiger partial charge in [0.15, 0.2) is 0 Å². The molecule has 2 heterocycles. The maximum Gasteiger partial charge on any atom is 0.371 e. The van der Waals surface area contributed by atoms with Gasteiger partial charge in [-0.05, 0) is 36.8 Å². The maximum atomic E-state index is 14.1. The molecule has 0 unspecified atom stereocenters. The van der Waals surface area contributed by atoms with Crippen LogP contribution < -0.4 is 10.2 Å². The van der Waals surface area contributed by atoms with Crippen molar-refractivity contribution in [1.29, 1.82) is 0 Å². The number of nitrogens with one attached hydrogen (secondary N) is 1. The van der Waals surface area contributed by atoms with Crippen molar-refractivity contribution in [3.63, 3.8) is 0 Å². The Balaban J connectivity index is 1.62. The Morgan fingerprint density at radius 1 is 1.35 bits per heavy atom. The average Bonchev–Trinajstić information content (AvgIpc) is 3.20. The van der Waals surface area contributed by atoms with E-state index in [4.69, 9.17) is 9.52 Å². The summed E-state index contributed by atoms with van der Waals surface area (Å²) in [5.74, 6) is -2.93. The van der Waals surface area contributed by atoms with Gasteiger partial charge in [0, 0.05) is 13.0 Å². The number of hydrogen-bond acceptors (Lipinski definition) is 4. The average molecular weight is 360 g/mol. The van der Waals surface area contributed by atoms with Gasteiger partial charge in [-0.1, -0.05) is 6.07 Å². The molecule has 1 aromatic heterocycles. The quantitative estimate of drug-likeness (QED) is 0.851. The van der Waals surface area contributed by atoms with Gasteiger partial charge in [-0.15, -0.1) is 0 Å². The van der Waals surface area contributed by atoms with Crippen LogP contribution in [0.4, 0.5) is 10.1 Å². The lowest BCUT2D eigenvalue weighted by atomic mass is 10.1. The van der Waals surface area contributed by atoms with E-state index in [9.17, 15) is 18.8 Å². The number of amides is 2. The van der Waals surface area contributed by atoms with Crippen LogP contribution in [0.2, 0.25) is 0 Å². The standard InChI is InChI=1S/C18H17FN2O5/c1-10-2-4-14(13(19)6-10)21-9-11(7-16(21)22)17(23)20-8-12-3-5-15(26-12)18(24)25/h2-6,11H,7-9H2,1H3,(H,20,23)(H,24,25)/t11-/m0/s1. The summed E-state index contributed by atoms with van der Waals surface area (Å²) in [4.78, 5) is 36.5. The number of hydrogen-bond donors (Lipinski definition) is 2. The first-order valence-corrected chi connectivity index (χ1v) is 8.01. The zero-order chi connectivity index (χ0) is 18.8. The highest BCUT2D eigenvalue weighted by molar-refractivity contribution is 6.00. The fourth-order valence-corrected chi connectivity index (χ4v) is 2.85. The van der Waals surface area contributed by atoms with Crippen LogP contribution >= 0.6 is 0 Å². The molecule has 1 aromatic carbocycles. The highest BCUT2D eigenvalue weighted by atomic mass is 19.1. The Kier molecular flexibility index (Phi) is 4.75. The molecule has 0 spiro atoms. The van der Waals surface area contributed by atoms with Gasteiger partial charge in [0.05, 0.1) is 18.2 Å². The predicted octanol–water partition coefficient (Wildman–Crippen LogP) is 2.09. The largest absolute Gasteiger partial charge is 0.475 e. The zero-order valence-electron chi connectivity index (χ0n) is 14.0. The van der Waals surface area contributed by atoms with Crippen molar-refractivity contribution >= 4 is 23.5 Å². The van der Waals surface area contributed by atoms with Gasteiger partial charge in [-0.3, -0.25) is 9.59 Å². The Bertz CT molecular complexity index is 876. The predicted molar refractivity (Wildman–Crippen MR) is 89.1 cm³/mol. The molecular weight excluding hydrogens is 343 g/mol. The minimum absolute atomic E-state index is 0.00962. The monoisotopic (exact) mass is 360 g/mol. The molecule has 0 radical (unpaired) electrons. The van der Waals surface area contributed by atoms with Crippen LogP contribution in [-0.4, -0.2) is 29.4 Å². The molecule has 7 nitrogen and oxygen atoms in total. The second-order valence-electron chi connectivity index (χ2n) is 6.15. The molecule has 136 valence electrons. The fraction of sp³-hybridized carbons (Fsp3) is 0.278. The maximum absolute atomic E-state index is 14.1. The van der Waals surface area contributed by atoms with Gasteiger partial charge in [0.2, 0.25) is 17.6 Å². The number of carbonyl (C=O) groups is 3. The molecule has 2 aromatic rings. The lowest BCUT2D eigenvalue weighted by molar-refractivity contribution is -0.126. The molecule has 2 N–H and O–H groups in total. The van der Waals surface area contributed by atoms with E-state index in [1.807, 2.05) is 0 Å². The van der Waals surface area contributed by atoms with Crippen LogP contribution in [0.25, 0.3) is 0 Å². The number of carboxylic acids is 1. The summed E-state index contributed by atoms with van der Waals surface area (Å²) < 4.78 is 19.1. The second-order valence-corrected chi connectivity index (χ2v) is 6.15. The van der Waals surface area contributed by atoms with Crippen LogP contribution in [0.3, 0.4) is 0 Å². The summed E-state index contributed by atoms with van der Waals surface area (Å²) in [6, 6.07) is 7.32. The number of rotatable bonds is 5. The SMILES string of the molecule is Cc1ccc(N2C[C@@H](C(=O)NCc3ccc(C(=O)O)o3)CC2=O)c(F)c1. The van der Waals surface area contributed by atoms with Crippen LogP contribution in [-0.2, 0) is 16.1 Å². The zero-order valence-corrected chi connectivity index (χ0v) is 14.0. The minimum Gasteiger partial charge on any atom is -0.475 e. The van der Waals surface area contributed by atoms with E-state index in [1.165, 1.54) is 29.2 Å². The molecule has 1 aliphatic rings. The van der Waals surface area contributed by atoms with Crippen LogP contribution in [0, 0.1) is 18.7 Å². The summed E-state index contributed by atoms with van der Waals surface area (Å²) in [5.41, 5.74) is 0.902. The first-order valence-electron chi connectivity index (χ1n) is 8.01. The third-order valence-electron chi connectivity index (χ3n) is 4.20. The number of aromatic carboxylic acids is 1. The molecular formula is C18H17FN2O5. The summed E-state index contributed by atoms with van der Waals surface area (Å²) in [6.07, 6.45) is -0.0162. The smallest absolute Gasteiger partial charge is 0.371 e. The summed E-state index contributed by atoms with van der Waals surface area (Å²) in [6.45, 7) is 1.85. The van der Waals surface area contributed by atoms with E-state index < -0.39 is 17.7 Å². The summed E-state index contributed by atoms with van der Waals surface area (Å²) >= 11 is 0. The minimum atomic E-state index is -1.19. The molecule has 26 heavy (non-hydrogen) atoms. The van der Waals surface area contributed by atoms with Crippen molar-refractivity contribution in [3.8, 4) is 0 Å². The second kappa shape index (κ2) is 6.99. The molecule has 0 aliphatic carbocycles. The first-order chi connectivity index (χ1) is 12.3. The van der Waals surface area contributed by atoms with Gasteiger partial charge in [-0.25, -0.2) is 9.18 Å². The Labute approximate surface area is 148 Å². The van der Waals surface area contributed by atoms with E-state index >= 15 is 0 Å². The van der Waals surface area contributed by atoms with Crippen LogP contribution in [0.15, 0.2) is 34.7 Å². The topological polar surface area (TPSA) is 99.8 Å². The highest BCUT2D eigenvalue weighted by Crippen LogP contribution is 2.28. The molecule has 1 atom stereocenters. The highest BCUT2D eigenvalue weighted by Gasteiger charge is 2.36. The molecule has 8 heteroatoms. The molecule has 1 saturated heterocycles. The van der Waals surface area contributed by atoms with Gasteiger partial charge in [-0.2, -0.15) is 0 Å². The molecule has 0 bridgehead atoms. The van der Waals surface area contributed by atoms with Gasteiger partial charge < -0.3 is 19.7 Å². The lowest BCUT2D eigenvalue weighted by Crippen LogP contribution is -2.32. The number of benzene rings is 1. The van der Waals surface area contributed by atoms with Crippen LogP contribution in [0.1, 0.15) is 28.3 Å². The van der Waals surface area contributed by atoms with Crippen molar-refractivity contribution in [3.05, 3.63) is 53.2 Å². The van der Waals surface area contributed by atoms with Crippen molar-refractivity contribution in [2.45, 2.75) is 19.9 Å². The van der Waals surface area contributed by atoms with Crippen molar-refractivity contribution in [2.24, 2.45) is 5.92 Å². The molecule has 2 amide bonds. The Morgan fingerprint density at radius 2 is 2.12 bits per heavy atom. The first kappa shape index (κ1) is 17.7. The Hall–Kier alpha value is -3.16. The number of furan rings is 1. The van der Waals surface area contributed by atoms with Crippen molar-refractivity contribution < 1.29 is 28.3 Å². The number of aryl methyl sites for hydroxylation is 1. The number of anilines is 1. The molecule has 1 fully saturated rings. The lowest BCUT2D eigenvalue weighted by Gasteiger charge is -2.17. The molecule has 1 aliphatic heterocycles.